The first-order valence-corrected chi connectivity index (χ1v) is 24.4. The summed E-state index contributed by atoms with van der Waals surface area (Å²) in [5.41, 5.74) is 0. The predicted octanol–water partition coefficient (Wildman–Crippen LogP) is 14.2. The van der Waals surface area contributed by atoms with Gasteiger partial charge in [-0.15, -0.1) is 0 Å². The van der Waals surface area contributed by atoms with E-state index in [0.29, 0.717) is 25.9 Å². The predicted molar refractivity (Wildman–Crippen MR) is 237 cm³/mol. The number of allylic oxidation sites excluding steroid dienone is 2. The third-order valence-electron chi connectivity index (χ3n) is 11.3. The van der Waals surface area contributed by atoms with Gasteiger partial charge in [0.1, 0.15) is 0 Å². The van der Waals surface area contributed by atoms with E-state index in [1.54, 1.807) is 0 Å². The zero-order chi connectivity index (χ0) is 40.1. The van der Waals surface area contributed by atoms with Crippen molar-refractivity contribution >= 4 is 11.9 Å². The maximum absolute atomic E-state index is 12.4. The molecular formula is C49H95NO5. The van der Waals surface area contributed by atoms with Crippen LogP contribution in [-0.2, 0) is 14.3 Å². The molecule has 1 amide bonds. The highest BCUT2D eigenvalue weighted by Gasteiger charge is 2.20. The fraction of sp³-hybridized carbons (Fsp3) is 0.918. The first kappa shape index (κ1) is 53.6. The fourth-order valence-corrected chi connectivity index (χ4v) is 7.51. The molecule has 0 aliphatic carbocycles. The van der Waals surface area contributed by atoms with Crippen LogP contribution in [0.4, 0.5) is 0 Å². The maximum atomic E-state index is 12.4. The van der Waals surface area contributed by atoms with Crippen LogP contribution in [0.25, 0.3) is 0 Å². The van der Waals surface area contributed by atoms with Crippen molar-refractivity contribution in [3.05, 3.63) is 12.2 Å². The fourth-order valence-electron chi connectivity index (χ4n) is 7.51. The first-order chi connectivity index (χ1) is 27.0. The molecule has 0 aromatic heterocycles. The minimum absolute atomic E-state index is 0.0112. The lowest BCUT2D eigenvalue weighted by Crippen LogP contribution is -2.45. The Hall–Kier alpha value is -1.40. The van der Waals surface area contributed by atoms with Gasteiger partial charge in [0.05, 0.1) is 25.4 Å². The number of nitrogens with one attached hydrogen (secondary N) is 1. The average molecular weight is 778 g/mol. The minimum Gasteiger partial charge on any atom is -0.466 e. The van der Waals surface area contributed by atoms with Crippen molar-refractivity contribution in [1.29, 1.82) is 0 Å². The Labute approximate surface area is 342 Å². The molecule has 0 rings (SSSR count). The molecule has 326 valence electrons. The second kappa shape index (κ2) is 45.3. The van der Waals surface area contributed by atoms with Gasteiger partial charge in [0.25, 0.3) is 0 Å². The van der Waals surface area contributed by atoms with Crippen molar-refractivity contribution in [2.75, 3.05) is 13.2 Å². The number of esters is 1. The van der Waals surface area contributed by atoms with Gasteiger partial charge in [0, 0.05) is 12.8 Å². The second-order valence-corrected chi connectivity index (χ2v) is 16.8. The molecule has 0 saturated carbocycles. The highest BCUT2D eigenvalue weighted by Crippen LogP contribution is 2.16. The van der Waals surface area contributed by atoms with Gasteiger partial charge in [0.15, 0.2) is 0 Å². The Morgan fingerprint density at radius 3 is 1.31 bits per heavy atom. The topological polar surface area (TPSA) is 95.9 Å². The van der Waals surface area contributed by atoms with Crippen molar-refractivity contribution in [2.45, 2.75) is 276 Å². The van der Waals surface area contributed by atoms with E-state index in [1.807, 2.05) is 0 Å². The molecule has 0 saturated heterocycles. The van der Waals surface area contributed by atoms with Gasteiger partial charge in [-0.1, -0.05) is 212 Å². The molecule has 0 fully saturated rings. The number of aliphatic hydroxyl groups is 2. The van der Waals surface area contributed by atoms with Crippen LogP contribution >= 0.6 is 0 Å². The lowest BCUT2D eigenvalue weighted by molar-refractivity contribution is -0.143. The number of hydrogen-bond donors (Lipinski definition) is 3. The van der Waals surface area contributed by atoms with Crippen molar-refractivity contribution < 1.29 is 24.5 Å². The molecular weight excluding hydrogens is 683 g/mol. The number of hydrogen-bond acceptors (Lipinski definition) is 5. The first-order valence-electron chi connectivity index (χ1n) is 24.4. The second-order valence-electron chi connectivity index (χ2n) is 16.8. The Morgan fingerprint density at radius 2 is 0.855 bits per heavy atom. The Kier molecular flexibility index (Phi) is 44.2. The molecule has 2 unspecified atom stereocenters. The van der Waals surface area contributed by atoms with Crippen LogP contribution in [0.3, 0.4) is 0 Å². The molecule has 0 spiro atoms. The summed E-state index contributed by atoms with van der Waals surface area (Å²) in [6.07, 6.45) is 50.3. The van der Waals surface area contributed by atoms with Gasteiger partial charge >= 0.3 is 5.97 Å². The molecule has 0 heterocycles. The van der Waals surface area contributed by atoms with E-state index in [9.17, 15) is 19.8 Å². The zero-order valence-corrected chi connectivity index (χ0v) is 36.9. The van der Waals surface area contributed by atoms with Gasteiger partial charge in [0.2, 0.25) is 5.91 Å². The van der Waals surface area contributed by atoms with E-state index in [1.165, 1.54) is 161 Å². The lowest BCUT2D eigenvalue weighted by atomic mass is 10.0. The molecule has 6 heteroatoms. The molecule has 6 nitrogen and oxygen atoms in total. The summed E-state index contributed by atoms with van der Waals surface area (Å²) < 4.78 is 5.45. The summed E-state index contributed by atoms with van der Waals surface area (Å²) in [6.45, 7) is 4.90. The summed E-state index contributed by atoms with van der Waals surface area (Å²) in [7, 11) is 0. The molecule has 0 aliphatic heterocycles. The van der Waals surface area contributed by atoms with Gasteiger partial charge in [-0.25, -0.2) is 0 Å². The zero-order valence-electron chi connectivity index (χ0n) is 36.9. The van der Waals surface area contributed by atoms with Gasteiger partial charge in [-0.05, 0) is 51.4 Å². The van der Waals surface area contributed by atoms with Crippen LogP contribution in [0.1, 0.15) is 264 Å². The molecule has 55 heavy (non-hydrogen) atoms. The molecule has 3 N–H and O–H groups in total. The summed E-state index contributed by atoms with van der Waals surface area (Å²) in [5.74, 6) is -0.0765. The molecule has 0 aliphatic rings. The van der Waals surface area contributed by atoms with E-state index in [0.717, 1.165) is 70.6 Å². The van der Waals surface area contributed by atoms with Crippen LogP contribution in [0.5, 0.6) is 0 Å². The van der Waals surface area contributed by atoms with Crippen molar-refractivity contribution in [2.24, 2.45) is 0 Å². The number of amides is 1. The monoisotopic (exact) mass is 778 g/mol. The van der Waals surface area contributed by atoms with Crippen molar-refractivity contribution in [1.82, 2.24) is 5.32 Å². The van der Waals surface area contributed by atoms with Gasteiger partial charge in [-0.2, -0.15) is 0 Å². The maximum Gasteiger partial charge on any atom is 0.305 e. The summed E-state index contributed by atoms with van der Waals surface area (Å²) in [4.78, 5) is 24.4. The number of carbonyl (C=O) groups is 2. The molecule has 0 bridgehead atoms. The third kappa shape index (κ3) is 42.0. The smallest absolute Gasteiger partial charge is 0.305 e. The van der Waals surface area contributed by atoms with Crippen molar-refractivity contribution in [3.63, 3.8) is 0 Å². The van der Waals surface area contributed by atoms with E-state index in [2.05, 4.69) is 31.3 Å². The van der Waals surface area contributed by atoms with Crippen LogP contribution in [0.15, 0.2) is 12.2 Å². The molecule has 2 atom stereocenters. The van der Waals surface area contributed by atoms with E-state index in [4.69, 9.17) is 4.74 Å². The Balaban J connectivity index is 3.49. The molecule has 0 radical (unpaired) electrons. The summed E-state index contributed by atoms with van der Waals surface area (Å²) in [6, 6.07) is -0.559. The number of rotatable bonds is 45. The van der Waals surface area contributed by atoms with E-state index in [-0.39, 0.29) is 18.5 Å². The summed E-state index contributed by atoms with van der Waals surface area (Å²) in [5, 5.41) is 23.1. The summed E-state index contributed by atoms with van der Waals surface area (Å²) >= 11 is 0. The van der Waals surface area contributed by atoms with Crippen LogP contribution in [-0.4, -0.2) is 47.4 Å². The molecule has 0 aromatic rings. The SMILES string of the molecule is CCCCCCCCCCCCCCCC(=O)OCCCCCCCC/C=C\CCCCCC(=O)NC(CO)C(O)CCCCCCCCCCCCCC. The van der Waals surface area contributed by atoms with Crippen LogP contribution in [0.2, 0.25) is 0 Å². The highest BCUT2D eigenvalue weighted by atomic mass is 16.5. The number of carbonyl (C=O) groups excluding carboxylic acids is 2. The average Bonchev–Trinajstić information content (AvgIpc) is 3.18. The number of aliphatic hydroxyl groups excluding tert-OH is 2. The van der Waals surface area contributed by atoms with Crippen LogP contribution in [0, 0.1) is 0 Å². The number of ether oxygens (including phenoxy) is 1. The van der Waals surface area contributed by atoms with Gasteiger partial charge < -0.3 is 20.3 Å². The molecule has 0 aromatic carbocycles. The lowest BCUT2D eigenvalue weighted by Gasteiger charge is -2.22. The largest absolute Gasteiger partial charge is 0.466 e. The highest BCUT2D eigenvalue weighted by molar-refractivity contribution is 5.76. The normalized spacial score (nSPS) is 12.7. The minimum atomic E-state index is -0.679. The standard InChI is InChI=1S/C49H95NO5/c1-3-5-7-9-11-13-15-18-23-27-31-35-39-43-49(54)55-44-40-36-32-28-24-20-17-19-22-26-30-34-38-42-48(53)50-46(45-51)47(52)41-37-33-29-25-21-16-14-12-10-8-6-4-2/h19,22,46-47,51-52H,3-18,20-21,23-45H2,1-2H3,(H,50,53)/b22-19-. The van der Waals surface area contributed by atoms with E-state index < -0.39 is 12.1 Å². The number of unbranched alkanes of at least 4 members (excludes halogenated alkanes) is 32. The van der Waals surface area contributed by atoms with Crippen LogP contribution < -0.4 is 5.32 Å². The Morgan fingerprint density at radius 1 is 0.491 bits per heavy atom. The van der Waals surface area contributed by atoms with E-state index >= 15 is 0 Å². The Bertz CT molecular complexity index is 817. The third-order valence-corrected chi connectivity index (χ3v) is 11.3. The quantitative estimate of drug-likeness (QED) is 0.0325. The van der Waals surface area contributed by atoms with Gasteiger partial charge in [-0.3, -0.25) is 9.59 Å². The van der Waals surface area contributed by atoms with Crippen molar-refractivity contribution in [3.8, 4) is 0 Å².